The van der Waals surface area contributed by atoms with E-state index in [0.717, 1.165) is 24.6 Å². The molecule has 0 radical (unpaired) electrons. The van der Waals surface area contributed by atoms with E-state index in [1.807, 2.05) is 19.1 Å². The van der Waals surface area contributed by atoms with Crippen LogP contribution >= 0.6 is 0 Å². The molecule has 0 aromatic heterocycles. The van der Waals surface area contributed by atoms with E-state index in [0.29, 0.717) is 25.0 Å². The lowest BCUT2D eigenvalue weighted by Crippen LogP contribution is -2.46. The molecule has 0 spiro atoms. The fourth-order valence-electron chi connectivity index (χ4n) is 2.77. The molecule has 0 amide bonds. The van der Waals surface area contributed by atoms with E-state index >= 15 is 0 Å². The molecule has 3 rings (SSSR count). The highest BCUT2D eigenvalue weighted by molar-refractivity contribution is 5.82. The molecular weight excluding hydrogens is 242 g/mol. The minimum absolute atomic E-state index is 0.128. The van der Waals surface area contributed by atoms with Crippen LogP contribution in [0.15, 0.2) is 18.2 Å². The summed E-state index contributed by atoms with van der Waals surface area (Å²) < 4.78 is 10.7. The van der Waals surface area contributed by atoms with E-state index in [2.05, 4.69) is 17.9 Å². The topological polar surface area (TPSA) is 38.8 Å². The van der Waals surface area contributed by atoms with Crippen molar-refractivity contribution < 1.29 is 14.3 Å². The van der Waals surface area contributed by atoms with Crippen LogP contribution in [-0.4, -0.2) is 30.1 Å². The maximum absolute atomic E-state index is 11.7. The van der Waals surface area contributed by atoms with Crippen LogP contribution in [0.4, 0.5) is 0 Å². The Kier molecular flexibility index (Phi) is 3.19. The third kappa shape index (κ3) is 2.32. The third-order valence-electron chi connectivity index (χ3n) is 4.28. The lowest BCUT2D eigenvalue weighted by Gasteiger charge is -2.37. The lowest BCUT2D eigenvalue weighted by atomic mass is 9.90. The molecule has 2 heterocycles. The van der Waals surface area contributed by atoms with Crippen molar-refractivity contribution in [3.05, 3.63) is 23.8 Å². The summed E-state index contributed by atoms with van der Waals surface area (Å²) in [7, 11) is 0. The second-order valence-electron chi connectivity index (χ2n) is 5.40. The number of carbonyl (C=O) groups is 1. The molecule has 0 N–H and O–H groups in total. The van der Waals surface area contributed by atoms with Gasteiger partial charge >= 0.3 is 0 Å². The Morgan fingerprint density at radius 3 is 2.89 bits per heavy atom. The van der Waals surface area contributed by atoms with Gasteiger partial charge in [0.05, 0.1) is 0 Å². The number of fused-ring (bicyclic) bond motifs is 1. The van der Waals surface area contributed by atoms with Crippen molar-refractivity contribution in [2.75, 3.05) is 13.3 Å². The van der Waals surface area contributed by atoms with Gasteiger partial charge in [-0.3, -0.25) is 9.69 Å². The molecule has 0 aliphatic carbocycles. The van der Waals surface area contributed by atoms with E-state index in [9.17, 15) is 4.79 Å². The minimum atomic E-state index is 0.128. The molecule has 0 bridgehead atoms. The predicted molar refractivity (Wildman–Crippen MR) is 71.2 cm³/mol. The normalized spacial score (nSPS) is 26.7. The highest BCUT2D eigenvalue weighted by atomic mass is 16.7. The molecule has 1 aromatic rings. The smallest absolute Gasteiger partial charge is 0.231 e. The second kappa shape index (κ2) is 4.85. The number of carbonyl (C=O) groups excluding carboxylic acids is 1. The van der Waals surface area contributed by atoms with Gasteiger partial charge in [-0.05, 0) is 24.6 Å². The number of rotatable bonds is 2. The highest BCUT2D eigenvalue weighted by Crippen LogP contribution is 2.33. The molecule has 2 aliphatic heterocycles. The van der Waals surface area contributed by atoms with Gasteiger partial charge in [0.2, 0.25) is 6.79 Å². The Bertz CT molecular complexity index is 500. The van der Waals surface area contributed by atoms with Gasteiger partial charge in [-0.25, -0.2) is 0 Å². The van der Waals surface area contributed by atoms with Crippen LogP contribution in [0, 0.1) is 5.92 Å². The SMILES string of the molecule is CC1C(=O)CCN(Cc2ccc3c(c2)OCO3)C1C. The summed E-state index contributed by atoms with van der Waals surface area (Å²) in [5.41, 5.74) is 1.21. The summed E-state index contributed by atoms with van der Waals surface area (Å²) in [6.07, 6.45) is 0.663. The summed E-state index contributed by atoms with van der Waals surface area (Å²) in [6.45, 7) is 6.17. The number of ether oxygens (including phenoxy) is 2. The number of piperidine rings is 1. The van der Waals surface area contributed by atoms with Gasteiger partial charge in [-0.15, -0.1) is 0 Å². The Morgan fingerprint density at radius 1 is 1.26 bits per heavy atom. The van der Waals surface area contributed by atoms with E-state index < -0.39 is 0 Å². The molecule has 1 saturated heterocycles. The van der Waals surface area contributed by atoms with Crippen LogP contribution in [0.25, 0.3) is 0 Å². The first-order chi connectivity index (χ1) is 9.15. The molecule has 0 saturated carbocycles. The standard InChI is InChI=1S/C15H19NO3/c1-10-11(2)16(6-5-13(10)17)8-12-3-4-14-15(7-12)19-9-18-14/h3-4,7,10-11H,5-6,8-9H2,1-2H3. The predicted octanol–water partition coefficient (Wildman–Crippen LogP) is 2.21. The van der Waals surface area contributed by atoms with Gasteiger partial charge < -0.3 is 9.47 Å². The first-order valence-electron chi connectivity index (χ1n) is 6.80. The zero-order chi connectivity index (χ0) is 13.4. The highest BCUT2D eigenvalue weighted by Gasteiger charge is 2.30. The molecule has 2 atom stereocenters. The Morgan fingerprint density at radius 2 is 2.05 bits per heavy atom. The van der Waals surface area contributed by atoms with Crippen molar-refractivity contribution in [3.63, 3.8) is 0 Å². The van der Waals surface area contributed by atoms with Gasteiger partial charge in [-0.1, -0.05) is 13.0 Å². The van der Waals surface area contributed by atoms with Crippen LogP contribution in [0.2, 0.25) is 0 Å². The van der Waals surface area contributed by atoms with Crippen LogP contribution in [-0.2, 0) is 11.3 Å². The van der Waals surface area contributed by atoms with Crippen molar-refractivity contribution in [3.8, 4) is 11.5 Å². The monoisotopic (exact) mass is 261 g/mol. The van der Waals surface area contributed by atoms with Crippen molar-refractivity contribution in [1.82, 2.24) is 4.90 Å². The van der Waals surface area contributed by atoms with Crippen molar-refractivity contribution in [2.24, 2.45) is 5.92 Å². The number of ketones is 1. The summed E-state index contributed by atoms with van der Waals surface area (Å²) in [4.78, 5) is 14.1. The average molecular weight is 261 g/mol. The van der Waals surface area contributed by atoms with Gasteiger partial charge in [0.15, 0.2) is 11.5 Å². The van der Waals surface area contributed by atoms with Gasteiger partial charge in [0, 0.05) is 31.5 Å². The first-order valence-corrected chi connectivity index (χ1v) is 6.80. The number of likely N-dealkylation sites (tertiary alicyclic amines) is 1. The number of hydrogen-bond acceptors (Lipinski definition) is 4. The largest absolute Gasteiger partial charge is 0.454 e. The van der Waals surface area contributed by atoms with Crippen LogP contribution in [0.3, 0.4) is 0 Å². The summed E-state index contributed by atoms with van der Waals surface area (Å²) in [5, 5.41) is 0. The number of benzene rings is 1. The second-order valence-corrected chi connectivity index (χ2v) is 5.40. The minimum Gasteiger partial charge on any atom is -0.454 e. The Balaban J connectivity index is 1.73. The van der Waals surface area contributed by atoms with E-state index in [-0.39, 0.29) is 5.92 Å². The van der Waals surface area contributed by atoms with E-state index in [4.69, 9.17) is 9.47 Å². The van der Waals surface area contributed by atoms with Gasteiger partial charge in [0.25, 0.3) is 0 Å². The third-order valence-corrected chi connectivity index (χ3v) is 4.28. The van der Waals surface area contributed by atoms with Crippen molar-refractivity contribution >= 4 is 5.78 Å². The Labute approximate surface area is 113 Å². The zero-order valence-corrected chi connectivity index (χ0v) is 11.4. The summed E-state index contributed by atoms with van der Waals surface area (Å²) in [6, 6.07) is 6.37. The average Bonchev–Trinajstić information content (AvgIpc) is 2.87. The van der Waals surface area contributed by atoms with E-state index in [1.165, 1.54) is 5.56 Å². The molecule has 2 unspecified atom stereocenters. The lowest BCUT2D eigenvalue weighted by molar-refractivity contribution is -0.128. The van der Waals surface area contributed by atoms with Crippen molar-refractivity contribution in [2.45, 2.75) is 32.9 Å². The molecule has 2 aliphatic rings. The molecule has 4 heteroatoms. The summed E-state index contributed by atoms with van der Waals surface area (Å²) >= 11 is 0. The first kappa shape index (κ1) is 12.5. The number of nitrogens with zero attached hydrogens (tertiary/aromatic N) is 1. The van der Waals surface area contributed by atoms with Gasteiger partial charge in [0.1, 0.15) is 5.78 Å². The number of hydrogen-bond donors (Lipinski definition) is 0. The Hall–Kier alpha value is -1.55. The quantitative estimate of drug-likeness (QED) is 0.818. The molecule has 102 valence electrons. The van der Waals surface area contributed by atoms with Crippen molar-refractivity contribution in [1.29, 1.82) is 0 Å². The van der Waals surface area contributed by atoms with E-state index in [1.54, 1.807) is 0 Å². The van der Waals surface area contributed by atoms with Crippen LogP contribution in [0.1, 0.15) is 25.8 Å². The maximum Gasteiger partial charge on any atom is 0.231 e. The molecule has 19 heavy (non-hydrogen) atoms. The van der Waals surface area contributed by atoms with Crippen LogP contribution < -0.4 is 9.47 Å². The molecule has 1 aromatic carbocycles. The van der Waals surface area contributed by atoms with Gasteiger partial charge in [-0.2, -0.15) is 0 Å². The molecular formula is C15H19NO3. The summed E-state index contributed by atoms with van der Waals surface area (Å²) in [5.74, 6) is 2.16. The molecule has 1 fully saturated rings. The number of Topliss-reactive ketones (excluding diaryl/α,β-unsaturated/α-hetero) is 1. The van der Waals surface area contributed by atoms with Crippen LogP contribution in [0.5, 0.6) is 11.5 Å². The fourth-order valence-corrected chi connectivity index (χ4v) is 2.77. The zero-order valence-electron chi connectivity index (χ0n) is 11.4. The maximum atomic E-state index is 11.7. The molecule has 4 nitrogen and oxygen atoms in total. The fraction of sp³-hybridized carbons (Fsp3) is 0.533.